The second-order valence-corrected chi connectivity index (χ2v) is 10.8. The summed E-state index contributed by atoms with van der Waals surface area (Å²) in [4.78, 5) is 17.2. The van der Waals surface area contributed by atoms with E-state index in [1.807, 2.05) is 41.8 Å². The van der Waals surface area contributed by atoms with Gasteiger partial charge in [0, 0.05) is 27.2 Å². The van der Waals surface area contributed by atoms with Crippen molar-refractivity contribution >= 4 is 69.1 Å². The summed E-state index contributed by atoms with van der Waals surface area (Å²) < 4.78 is 5.75. The number of rotatable bonds is 12. The Morgan fingerprint density at radius 2 is 1.72 bits per heavy atom. The van der Waals surface area contributed by atoms with Crippen molar-refractivity contribution in [3.05, 3.63) is 92.2 Å². The van der Waals surface area contributed by atoms with Gasteiger partial charge in [-0.3, -0.25) is 4.79 Å². The monoisotopic (exact) mass is 600 g/mol. The number of nitrogens with one attached hydrogen (secondary N) is 2. The predicted octanol–water partition coefficient (Wildman–Crippen LogP) is 9.24. The average Bonchev–Trinajstić information content (AvgIpc) is 3.39. The maximum Gasteiger partial charge on any atom is 0.271 e. The Morgan fingerprint density at radius 3 is 2.41 bits per heavy atom. The first-order valence-electron chi connectivity index (χ1n) is 12.5. The van der Waals surface area contributed by atoms with Crippen LogP contribution < -0.4 is 15.5 Å². The van der Waals surface area contributed by atoms with Crippen molar-refractivity contribution in [2.75, 3.05) is 11.9 Å². The molecule has 0 fully saturated rings. The van der Waals surface area contributed by atoms with Crippen LogP contribution in [0.4, 0.5) is 10.8 Å². The smallest absolute Gasteiger partial charge is 0.271 e. The van der Waals surface area contributed by atoms with Gasteiger partial charge < -0.3 is 10.1 Å². The number of hydrogen-bond acceptors (Lipinski definition) is 6. The van der Waals surface area contributed by atoms with E-state index in [4.69, 9.17) is 39.5 Å². The number of hydrogen-bond donors (Lipinski definition) is 2. The highest BCUT2D eigenvalue weighted by Gasteiger charge is 2.11. The van der Waals surface area contributed by atoms with Crippen molar-refractivity contribution < 1.29 is 9.53 Å². The number of halogens is 3. The van der Waals surface area contributed by atoms with Crippen LogP contribution in [0.1, 0.15) is 48.5 Å². The predicted molar refractivity (Wildman–Crippen MR) is 163 cm³/mol. The summed E-state index contributed by atoms with van der Waals surface area (Å²) >= 11 is 20.1. The Bertz CT molecular complexity index is 1400. The van der Waals surface area contributed by atoms with Crippen molar-refractivity contribution in [3.8, 4) is 17.0 Å². The van der Waals surface area contributed by atoms with Gasteiger partial charge in [0.05, 0.1) is 28.6 Å². The van der Waals surface area contributed by atoms with Crippen LogP contribution >= 0.6 is 46.1 Å². The molecule has 0 bridgehead atoms. The van der Waals surface area contributed by atoms with Crippen LogP contribution in [0.15, 0.2) is 71.1 Å². The van der Waals surface area contributed by atoms with Gasteiger partial charge in [-0.25, -0.2) is 10.4 Å². The molecule has 0 unspecified atom stereocenters. The zero-order valence-corrected chi connectivity index (χ0v) is 24.3. The third-order valence-corrected chi connectivity index (χ3v) is 7.26. The van der Waals surface area contributed by atoms with E-state index >= 15 is 0 Å². The fraction of sp³-hybridized carbons (Fsp3) is 0.207. The fourth-order valence-electron chi connectivity index (χ4n) is 3.64. The molecular weight excluding hydrogens is 575 g/mol. The number of thiazole rings is 1. The molecule has 3 aromatic carbocycles. The van der Waals surface area contributed by atoms with Gasteiger partial charge in [0.25, 0.3) is 5.91 Å². The first kappa shape index (κ1) is 28.9. The summed E-state index contributed by atoms with van der Waals surface area (Å²) in [5.41, 5.74) is 6.25. The van der Waals surface area contributed by atoms with Gasteiger partial charge in [-0.2, -0.15) is 5.10 Å². The largest absolute Gasteiger partial charge is 0.490 e. The Labute approximate surface area is 247 Å². The Morgan fingerprint density at radius 1 is 1.00 bits per heavy atom. The van der Waals surface area contributed by atoms with Gasteiger partial charge in [-0.1, -0.05) is 73.1 Å². The van der Waals surface area contributed by atoms with E-state index < -0.39 is 0 Å². The summed E-state index contributed by atoms with van der Waals surface area (Å²) in [6.45, 7) is 2.72. The summed E-state index contributed by atoms with van der Waals surface area (Å²) in [5.74, 6) is 0.120. The van der Waals surface area contributed by atoms with Crippen molar-refractivity contribution in [2.45, 2.75) is 32.6 Å². The molecule has 0 radical (unpaired) electrons. The van der Waals surface area contributed by atoms with Crippen LogP contribution in [0.3, 0.4) is 0 Å². The molecular formula is C29H27Cl3N4O2S. The molecule has 0 saturated carbocycles. The third kappa shape index (κ3) is 8.44. The van der Waals surface area contributed by atoms with Crippen molar-refractivity contribution in [1.29, 1.82) is 0 Å². The van der Waals surface area contributed by atoms with E-state index in [1.54, 1.807) is 24.3 Å². The molecule has 1 amide bonds. The fourth-order valence-corrected chi connectivity index (χ4v) is 5.12. The molecule has 0 aliphatic carbocycles. The molecule has 6 nitrogen and oxygen atoms in total. The molecule has 0 aliphatic heterocycles. The lowest BCUT2D eigenvalue weighted by atomic mass is 10.1. The maximum absolute atomic E-state index is 12.6. The number of carbonyl (C=O) groups is 1. The minimum atomic E-state index is -0.342. The van der Waals surface area contributed by atoms with Crippen LogP contribution in [0.5, 0.6) is 5.75 Å². The van der Waals surface area contributed by atoms with E-state index in [-0.39, 0.29) is 5.91 Å². The normalized spacial score (nSPS) is 11.1. The highest BCUT2D eigenvalue weighted by molar-refractivity contribution is 7.14. The Kier molecular flexibility index (Phi) is 10.6. The summed E-state index contributed by atoms with van der Waals surface area (Å²) in [6.07, 6.45) is 5.87. The van der Waals surface area contributed by atoms with Gasteiger partial charge >= 0.3 is 0 Å². The van der Waals surface area contributed by atoms with E-state index in [0.29, 0.717) is 38.6 Å². The number of ether oxygens (including phenoxy) is 1. The molecule has 0 spiro atoms. The third-order valence-electron chi connectivity index (χ3n) is 5.69. The lowest BCUT2D eigenvalue weighted by Crippen LogP contribution is -2.17. The quantitative estimate of drug-likeness (QED) is 0.0964. The number of anilines is 2. The molecule has 1 aromatic heterocycles. The van der Waals surface area contributed by atoms with Gasteiger partial charge in [-0.15, -0.1) is 11.3 Å². The standard InChI is InChI=1S/C29H27Cl3N4O2S/c1-2-3-4-5-14-38-27-24(31)15-19(16-25(27)32)17-33-36-28(37)21-8-6-20(7-9-21)26-18-39-29(35-26)34-23-12-10-22(30)11-13-23/h6-13,15-18H,2-5,14H2,1H3,(H,34,35)(H,36,37)/b33-17-. The zero-order valence-electron chi connectivity index (χ0n) is 21.2. The first-order chi connectivity index (χ1) is 18.9. The lowest BCUT2D eigenvalue weighted by molar-refractivity contribution is 0.0955. The number of amides is 1. The molecule has 10 heteroatoms. The second kappa shape index (κ2) is 14.3. The van der Waals surface area contributed by atoms with Gasteiger partial charge in [0.2, 0.25) is 0 Å². The topological polar surface area (TPSA) is 75.6 Å². The SMILES string of the molecule is CCCCCCOc1c(Cl)cc(/C=N\NC(=O)c2ccc(-c3csc(Nc4ccc(Cl)cc4)n3)cc2)cc1Cl. The number of benzene rings is 3. The number of carbonyl (C=O) groups excluding carboxylic acids is 1. The molecule has 2 N–H and O–H groups in total. The molecule has 0 atom stereocenters. The number of unbranched alkanes of at least 4 members (excludes halogenated alkanes) is 3. The second-order valence-electron chi connectivity index (χ2n) is 8.67. The van der Waals surface area contributed by atoms with Gasteiger partial charge in [0.1, 0.15) is 0 Å². The molecule has 4 rings (SSSR count). The number of nitrogens with zero attached hydrogens (tertiary/aromatic N) is 2. The summed E-state index contributed by atoms with van der Waals surface area (Å²) in [5, 5.41) is 11.5. The minimum absolute atomic E-state index is 0.342. The first-order valence-corrected chi connectivity index (χ1v) is 14.5. The van der Waals surface area contributed by atoms with Crippen molar-refractivity contribution in [3.63, 3.8) is 0 Å². The van der Waals surface area contributed by atoms with E-state index in [0.717, 1.165) is 41.3 Å². The summed E-state index contributed by atoms with van der Waals surface area (Å²) in [7, 11) is 0. The van der Waals surface area contributed by atoms with Gasteiger partial charge in [-0.05, 0) is 60.5 Å². The number of hydrazone groups is 1. The molecule has 4 aromatic rings. The van der Waals surface area contributed by atoms with Crippen molar-refractivity contribution in [1.82, 2.24) is 10.4 Å². The highest BCUT2D eigenvalue weighted by atomic mass is 35.5. The Hall–Kier alpha value is -3.10. The van der Waals surface area contributed by atoms with Crippen LogP contribution in [-0.2, 0) is 0 Å². The lowest BCUT2D eigenvalue weighted by Gasteiger charge is -2.10. The van der Waals surface area contributed by atoms with Gasteiger partial charge in [0.15, 0.2) is 10.9 Å². The van der Waals surface area contributed by atoms with E-state index in [2.05, 4.69) is 27.8 Å². The van der Waals surface area contributed by atoms with Crippen LogP contribution in [-0.4, -0.2) is 23.7 Å². The average molecular weight is 602 g/mol. The maximum atomic E-state index is 12.6. The number of aromatic nitrogens is 1. The Balaban J connectivity index is 1.31. The van der Waals surface area contributed by atoms with Crippen LogP contribution in [0.2, 0.25) is 15.1 Å². The summed E-state index contributed by atoms with van der Waals surface area (Å²) in [6, 6.07) is 18.0. The zero-order chi connectivity index (χ0) is 27.6. The van der Waals surface area contributed by atoms with E-state index in [1.165, 1.54) is 24.0 Å². The van der Waals surface area contributed by atoms with Crippen LogP contribution in [0, 0.1) is 0 Å². The molecule has 0 saturated heterocycles. The molecule has 0 aliphatic rings. The van der Waals surface area contributed by atoms with Crippen LogP contribution in [0.25, 0.3) is 11.3 Å². The molecule has 1 heterocycles. The minimum Gasteiger partial charge on any atom is -0.490 e. The van der Waals surface area contributed by atoms with E-state index in [9.17, 15) is 4.79 Å². The van der Waals surface area contributed by atoms with Crippen molar-refractivity contribution in [2.24, 2.45) is 5.10 Å². The molecule has 39 heavy (non-hydrogen) atoms. The highest BCUT2D eigenvalue weighted by Crippen LogP contribution is 2.34. The molecule has 202 valence electrons.